The van der Waals surface area contributed by atoms with E-state index in [1.54, 1.807) is 13.1 Å². The number of ether oxygens (including phenoxy) is 2. The molecule has 26 heavy (non-hydrogen) atoms. The Hall–Kier alpha value is -1.83. The van der Waals surface area contributed by atoms with Gasteiger partial charge >= 0.3 is 0 Å². The fraction of sp³-hybridized carbons (Fsp3) is 0.556. The van der Waals surface area contributed by atoms with E-state index in [2.05, 4.69) is 16.0 Å². The molecular weight excluding hydrogens is 358 g/mol. The first-order valence-corrected chi connectivity index (χ1v) is 8.69. The van der Waals surface area contributed by atoms with Crippen molar-refractivity contribution in [1.29, 1.82) is 0 Å². The number of nitrogens with one attached hydrogen (secondary N) is 3. The van der Waals surface area contributed by atoms with Gasteiger partial charge in [0.15, 0.2) is 6.61 Å². The second kappa shape index (κ2) is 12.5. The van der Waals surface area contributed by atoms with Crippen LogP contribution in [-0.2, 0) is 20.9 Å². The van der Waals surface area contributed by atoms with Crippen LogP contribution in [0, 0.1) is 0 Å². The highest BCUT2D eigenvalue weighted by molar-refractivity contribution is 5.85. The molecule has 1 unspecified atom stereocenters. The van der Waals surface area contributed by atoms with E-state index in [0.29, 0.717) is 31.8 Å². The largest absolute Gasteiger partial charge is 0.483 e. The number of rotatable bonds is 10. The number of benzene rings is 1. The molecule has 3 N–H and O–H groups in total. The van der Waals surface area contributed by atoms with E-state index in [4.69, 9.17) is 9.47 Å². The number of halogens is 1. The third kappa shape index (κ3) is 8.03. The zero-order chi connectivity index (χ0) is 17.9. The van der Waals surface area contributed by atoms with Crippen molar-refractivity contribution in [3.8, 4) is 5.75 Å². The average Bonchev–Trinajstić information content (AvgIpc) is 3.15. The molecule has 0 aromatic heterocycles. The number of hydrogen-bond donors (Lipinski definition) is 3. The lowest BCUT2D eigenvalue weighted by Crippen LogP contribution is -2.35. The Morgan fingerprint density at radius 3 is 2.77 bits per heavy atom. The molecule has 2 amide bonds. The molecule has 1 saturated heterocycles. The number of para-hydroxylation sites is 1. The summed E-state index contributed by atoms with van der Waals surface area (Å²) in [5.41, 5.74) is 0.840. The van der Waals surface area contributed by atoms with Gasteiger partial charge in [-0.1, -0.05) is 18.2 Å². The van der Waals surface area contributed by atoms with E-state index in [-0.39, 0.29) is 36.9 Å². The maximum atomic E-state index is 11.9. The van der Waals surface area contributed by atoms with Crippen LogP contribution in [0.2, 0.25) is 0 Å². The summed E-state index contributed by atoms with van der Waals surface area (Å²) in [5.74, 6) is 0.394. The molecule has 8 heteroatoms. The fourth-order valence-electron chi connectivity index (χ4n) is 2.54. The molecule has 1 heterocycles. The first-order valence-electron chi connectivity index (χ1n) is 8.69. The second-order valence-corrected chi connectivity index (χ2v) is 5.97. The van der Waals surface area contributed by atoms with Crippen LogP contribution in [0.3, 0.4) is 0 Å². The van der Waals surface area contributed by atoms with Crippen LogP contribution in [0.15, 0.2) is 24.3 Å². The van der Waals surface area contributed by atoms with Crippen molar-refractivity contribution in [3.63, 3.8) is 0 Å². The van der Waals surface area contributed by atoms with Crippen LogP contribution in [0.1, 0.15) is 24.8 Å². The van der Waals surface area contributed by atoms with Crippen molar-refractivity contribution in [2.75, 3.05) is 33.4 Å². The summed E-state index contributed by atoms with van der Waals surface area (Å²) >= 11 is 0. The van der Waals surface area contributed by atoms with Gasteiger partial charge in [-0.15, -0.1) is 12.4 Å². The minimum Gasteiger partial charge on any atom is -0.483 e. The molecule has 1 aromatic rings. The van der Waals surface area contributed by atoms with Gasteiger partial charge in [0.1, 0.15) is 5.75 Å². The summed E-state index contributed by atoms with van der Waals surface area (Å²) in [6, 6.07) is 7.38. The van der Waals surface area contributed by atoms with E-state index in [0.717, 1.165) is 25.0 Å². The summed E-state index contributed by atoms with van der Waals surface area (Å²) < 4.78 is 11.1. The molecule has 1 fully saturated rings. The third-order valence-electron chi connectivity index (χ3n) is 3.96. The topological polar surface area (TPSA) is 88.7 Å². The Labute approximate surface area is 160 Å². The molecule has 1 aromatic carbocycles. The van der Waals surface area contributed by atoms with Crippen molar-refractivity contribution < 1.29 is 19.1 Å². The Balaban J connectivity index is 0.00000338. The molecule has 0 radical (unpaired) electrons. The zero-order valence-corrected chi connectivity index (χ0v) is 15.9. The Morgan fingerprint density at radius 2 is 2.04 bits per heavy atom. The van der Waals surface area contributed by atoms with Gasteiger partial charge in [0.2, 0.25) is 5.91 Å². The first kappa shape index (κ1) is 22.2. The molecule has 146 valence electrons. The quantitative estimate of drug-likeness (QED) is 0.559. The number of amides is 2. The summed E-state index contributed by atoms with van der Waals surface area (Å²) in [5, 5.41) is 8.60. The maximum Gasteiger partial charge on any atom is 0.258 e. The van der Waals surface area contributed by atoms with Crippen LogP contribution >= 0.6 is 12.4 Å². The van der Waals surface area contributed by atoms with E-state index in [1.165, 1.54) is 0 Å². The van der Waals surface area contributed by atoms with Crippen molar-refractivity contribution in [1.82, 2.24) is 16.0 Å². The summed E-state index contributed by atoms with van der Waals surface area (Å²) in [6.07, 6.45) is 2.57. The highest BCUT2D eigenvalue weighted by Crippen LogP contribution is 2.17. The number of carbonyl (C=O) groups is 2. The first-order chi connectivity index (χ1) is 12.2. The normalized spacial score (nSPS) is 15.8. The monoisotopic (exact) mass is 385 g/mol. The second-order valence-electron chi connectivity index (χ2n) is 5.97. The van der Waals surface area contributed by atoms with Crippen LogP contribution in [0.4, 0.5) is 0 Å². The van der Waals surface area contributed by atoms with Crippen molar-refractivity contribution in [3.05, 3.63) is 29.8 Å². The fourth-order valence-corrected chi connectivity index (χ4v) is 2.54. The van der Waals surface area contributed by atoms with Crippen LogP contribution in [-0.4, -0.2) is 51.3 Å². The van der Waals surface area contributed by atoms with Gasteiger partial charge in [0, 0.05) is 38.2 Å². The van der Waals surface area contributed by atoms with Gasteiger partial charge in [-0.3, -0.25) is 9.59 Å². The van der Waals surface area contributed by atoms with E-state index in [9.17, 15) is 9.59 Å². The SMILES string of the molecule is CNCCC(=O)NCc1ccccc1OCC(=O)NCC1CCCO1.Cl. The molecular formula is C18H28ClN3O4. The van der Waals surface area contributed by atoms with Crippen LogP contribution in [0.5, 0.6) is 5.75 Å². The van der Waals surface area contributed by atoms with Gasteiger partial charge in [0.25, 0.3) is 5.91 Å². The summed E-state index contributed by atoms with van der Waals surface area (Å²) in [6.45, 7) is 2.23. The summed E-state index contributed by atoms with van der Waals surface area (Å²) in [7, 11) is 1.81. The van der Waals surface area contributed by atoms with Gasteiger partial charge in [-0.2, -0.15) is 0 Å². The molecule has 0 aliphatic carbocycles. The lowest BCUT2D eigenvalue weighted by atomic mass is 10.2. The third-order valence-corrected chi connectivity index (χ3v) is 3.96. The molecule has 0 saturated carbocycles. The highest BCUT2D eigenvalue weighted by atomic mass is 35.5. The molecule has 1 aliphatic rings. The van der Waals surface area contributed by atoms with Gasteiger partial charge < -0.3 is 25.4 Å². The minimum atomic E-state index is -0.177. The zero-order valence-electron chi connectivity index (χ0n) is 15.1. The molecule has 1 atom stereocenters. The number of hydrogen-bond acceptors (Lipinski definition) is 5. The predicted octanol–water partition coefficient (Wildman–Crippen LogP) is 1.01. The summed E-state index contributed by atoms with van der Waals surface area (Å²) in [4.78, 5) is 23.6. The Kier molecular flexibility index (Phi) is 10.7. The minimum absolute atomic E-state index is 0. The van der Waals surface area contributed by atoms with E-state index in [1.807, 2.05) is 18.2 Å². The number of carbonyl (C=O) groups excluding carboxylic acids is 2. The molecule has 0 spiro atoms. The Bertz CT molecular complexity index is 565. The van der Waals surface area contributed by atoms with Gasteiger partial charge in [0.05, 0.1) is 6.10 Å². The molecule has 0 bridgehead atoms. The van der Waals surface area contributed by atoms with Crippen LogP contribution in [0.25, 0.3) is 0 Å². The Morgan fingerprint density at radius 1 is 1.23 bits per heavy atom. The van der Waals surface area contributed by atoms with Crippen molar-refractivity contribution in [2.45, 2.75) is 31.9 Å². The van der Waals surface area contributed by atoms with Gasteiger partial charge in [-0.05, 0) is 26.0 Å². The van der Waals surface area contributed by atoms with Gasteiger partial charge in [-0.25, -0.2) is 0 Å². The smallest absolute Gasteiger partial charge is 0.258 e. The molecule has 1 aliphatic heterocycles. The molecule has 2 rings (SSSR count). The van der Waals surface area contributed by atoms with E-state index >= 15 is 0 Å². The van der Waals surface area contributed by atoms with E-state index < -0.39 is 0 Å². The predicted molar refractivity (Wildman–Crippen MR) is 102 cm³/mol. The lowest BCUT2D eigenvalue weighted by Gasteiger charge is -2.14. The lowest BCUT2D eigenvalue weighted by molar-refractivity contribution is -0.123. The van der Waals surface area contributed by atoms with Crippen molar-refractivity contribution in [2.24, 2.45) is 0 Å². The maximum absolute atomic E-state index is 11.9. The average molecular weight is 386 g/mol. The van der Waals surface area contributed by atoms with Crippen molar-refractivity contribution >= 4 is 24.2 Å². The van der Waals surface area contributed by atoms with Crippen LogP contribution < -0.4 is 20.7 Å². The highest BCUT2D eigenvalue weighted by Gasteiger charge is 2.16. The standard InChI is InChI=1S/C18H27N3O4.ClH/c1-19-9-8-17(22)20-11-14-5-2-3-7-16(14)25-13-18(23)21-12-15-6-4-10-24-15;/h2-3,5,7,15,19H,4,6,8-13H2,1H3,(H,20,22)(H,21,23);1H. The molecule has 7 nitrogen and oxygen atoms in total.